The highest BCUT2D eigenvalue weighted by Gasteiger charge is 2.21. The smallest absolute Gasteiger partial charge is 0.124 e. The van der Waals surface area contributed by atoms with Crippen molar-refractivity contribution in [1.29, 1.82) is 0 Å². The van der Waals surface area contributed by atoms with E-state index in [1.807, 2.05) is 18.2 Å². The van der Waals surface area contributed by atoms with Gasteiger partial charge in [-0.1, -0.05) is 12.1 Å². The van der Waals surface area contributed by atoms with Crippen LogP contribution in [0, 0.1) is 0 Å². The number of rotatable bonds is 3. The van der Waals surface area contributed by atoms with Crippen LogP contribution in [-0.4, -0.2) is 22.1 Å². The average molecular weight is 258 g/mol. The Labute approximate surface area is 113 Å². The molecule has 1 unspecified atom stereocenters. The van der Waals surface area contributed by atoms with Crippen LogP contribution in [0.4, 0.5) is 0 Å². The van der Waals surface area contributed by atoms with Crippen molar-refractivity contribution in [3.8, 4) is 0 Å². The first-order valence-corrected chi connectivity index (χ1v) is 7.18. The lowest BCUT2D eigenvalue weighted by Crippen LogP contribution is -2.38. The number of aromatic amines is 1. The Hall–Kier alpha value is -1.39. The van der Waals surface area contributed by atoms with E-state index in [1.165, 1.54) is 12.8 Å². The van der Waals surface area contributed by atoms with Crippen LogP contribution in [0.3, 0.4) is 0 Å². The molecule has 0 bridgehead atoms. The van der Waals surface area contributed by atoms with Gasteiger partial charge in [-0.05, 0) is 44.7 Å². The number of nitrogens with zero attached hydrogens (tertiary/aromatic N) is 1. The number of nitrogens with two attached hydrogens (primary N) is 1. The Morgan fingerprint density at radius 3 is 2.74 bits per heavy atom. The second kappa shape index (κ2) is 5.31. The van der Waals surface area contributed by atoms with E-state index in [-0.39, 0.29) is 6.04 Å². The molecule has 1 aliphatic rings. The summed E-state index contributed by atoms with van der Waals surface area (Å²) in [6.07, 6.45) is 4.60. The van der Waals surface area contributed by atoms with Gasteiger partial charge in [0.05, 0.1) is 17.1 Å². The average Bonchev–Trinajstić information content (AvgIpc) is 2.85. The molecule has 1 aromatic heterocycles. The molecular formula is C15H22N4. The number of hydrogen-bond acceptors (Lipinski definition) is 3. The second-order valence-electron chi connectivity index (χ2n) is 5.64. The number of fused-ring (bicyclic) bond motifs is 1. The van der Waals surface area contributed by atoms with E-state index in [0.717, 1.165) is 29.7 Å². The summed E-state index contributed by atoms with van der Waals surface area (Å²) in [6.45, 7) is 2.17. The molecule has 4 heteroatoms. The van der Waals surface area contributed by atoms with Crippen LogP contribution in [0.25, 0.3) is 11.0 Å². The molecule has 1 heterocycles. The van der Waals surface area contributed by atoms with Crippen molar-refractivity contribution in [2.45, 2.75) is 50.7 Å². The molecule has 0 spiro atoms. The normalized spacial score (nSPS) is 25.6. The molecule has 2 aromatic rings. The van der Waals surface area contributed by atoms with Crippen molar-refractivity contribution in [1.82, 2.24) is 15.3 Å². The minimum atomic E-state index is 0.256. The fourth-order valence-electron chi connectivity index (χ4n) is 2.90. The lowest BCUT2D eigenvalue weighted by atomic mass is 9.91. The van der Waals surface area contributed by atoms with Crippen molar-refractivity contribution >= 4 is 11.0 Å². The summed E-state index contributed by atoms with van der Waals surface area (Å²) in [6, 6.07) is 9.40. The first-order chi connectivity index (χ1) is 9.22. The standard InChI is InChI=1S/C15H22N4/c1-10(17-12-8-6-11(16)7-9-12)15-18-13-4-2-3-5-14(13)19-15/h2-5,10-12,17H,6-9,16H2,1H3,(H,18,19). The molecule has 1 aromatic carbocycles. The first kappa shape index (κ1) is 12.6. The number of aromatic nitrogens is 2. The Balaban J connectivity index is 1.68. The predicted molar refractivity (Wildman–Crippen MR) is 77.9 cm³/mol. The van der Waals surface area contributed by atoms with Gasteiger partial charge in [0.1, 0.15) is 5.82 Å². The molecule has 1 fully saturated rings. The van der Waals surface area contributed by atoms with E-state index in [2.05, 4.69) is 28.3 Å². The van der Waals surface area contributed by atoms with Crippen molar-refractivity contribution in [3.05, 3.63) is 30.1 Å². The largest absolute Gasteiger partial charge is 0.341 e. The van der Waals surface area contributed by atoms with E-state index in [1.54, 1.807) is 0 Å². The van der Waals surface area contributed by atoms with Crippen LogP contribution in [-0.2, 0) is 0 Å². The molecular weight excluding hydrogens is 236 g/mol. The van der Waals surface area contributed by atoms with Gasteiger partial charge in [-0.3, -0.25) is 0 Å². The maximum absolute atomic E-state index is 5.94. The van der Waals surface area contributed by atoms with Crippen molar-refractivity contribution < 1.29 is 0 Å². The van der Waals surface area contributed by atoms with E-state index in [4.69, 9.17) is 5.73 Å². The number of imidazole rings is 1. The topological polar surface area (TPSA) is 66.7 Å². The summed E-state index contributed by atoms with van der Waals surface area (Å²) in [5.74, 6) is 1.02. The summed E-state index contributed by atoms with van der Waals surface area (Å²) >= 11 is 0. The Morgan fingerprint density at radius 1 is 1.26 bits per heavy atom. The molecule has 0 amide bonds. The third kappa shape index (κ3) is 2.80. The highest BCUT2D eigenvalue weighted by Crippen LogP contribution is 2.21. The van der Waals surface area contributed by atoms with E-state index in [9.17, 15) is 0 Å². The lowest BCUT2D eigenvalue weighted by Gasteiger charge is -2.29. The van der Waals surface area contributed by atoms with E-state index in [0.29, 0.717) is 12.1 Å². The van der Waals surface area contributed by atoms with Gasteiger partial charge in [-0.25, -0.2) is 4.98 Å². The summed E-state index contributed by atoms with van der Waals surface area (Å²) in [7, 11) is 0. The third-order valence-corrected chi connectivity index (χ3v) is 4.08. The SMILES string of the molecule is CC(NC1CCC(N)CC1)c1nc2ccccc2[nH]1. The highest BCUT2D eigenvalue weighted by molar-refractivity contribution is 5.74. The number of hydrogen-bond donors (Lipinski definition) is 3. The fraction of sp³-hybridized carbons (Fsp3) is 0.533. The molecule has 19 heavy (non-hydrogen) atoms. The van der Waals surface area contributed by atoms with E-state index < -0.39 is 0 Å². The van der Waals surface area contributed by atoms with Gasteiger partial charge in [0, 0.05) is 12.1 Å². The van der Waals surface area contributed by atoms with Gasteiger partial charge in [0.15, 0.2) is 0 Å². The molecule has 0 aliphatic heterocycles. The summed E-state index contributed by atoms with van der Waals surface area (Å²) < 4.78 is 0. The molecule has 102 valence electrons. The monoisotopic (exact) mass is 258 g/mol. The quantitative estimate of drug-likeness (QED) is 0.792. The van der Waals surface area contributed by atoms with Crippen LogP contribution in [0.2, 0.25) is 0 Å². The van der Waals surface area contributed by atoms with Crippen molar-refractivity contribution in [3.63, 3.8) is 0 Å². The molecule has 1 aliphatic carbocycles. The van der Waals surface area contributed by atoms with Crippen LogP contribution >= 0.6 is 0 Å². The van der Waals surface area contributed by atoms with Gasteiger partial charge in [0.25, 0.3) is 0 Å². The zero-order chi connectivity index (χ0) is 13.2. The summed E-state index contributed by atoms with van der Waals surface area (Å²) in [5.41, 5.74) is 8.09. The molecule has 0 radical (unpaired) electrons. The van der Waals surface area contributed by atoms with Crippen LogP contribution in [0.5, 0.6) is 0 Å². The first-order valence-electron chi connectivity index (χ1n) is 7.18. The van der Waals surface area contributed by atoms with Gasteiger partial charge < -0.3 is 16.0 Å². The zero-order valence-corrected chi connectivity index (χ0v) is 11.4. The molecule has 1 saturated carbocycles. The van der Waals surface area contributed by atoms with Crippen LogP contribution in [0.15, 0.2) is 24.3 Å². The summed E-state index contributed by atoms with van der Waals surface area (Å²) in [5, 5.41) is 3.67. The molecule has 3 rings (SSSR count). The van der Waals surface area contributed by atoms with E-state index >= 15 is 0 Å². The van der Waals surface area contributed by atoms with Crippen LogP contribution in [0.1, 0.15) is 44.5 Å². The summed E-state index contributed by atoms with van der Waals surface area (Å²) in [4.78, 5) is 8.05. The number of H-pyrrole nitrogens is 1. The molecule has 1 atom stereocenters. The van der Waals surface area contributed by atoms with Gasteiger partial charge in [0.2, 0.25) is 0 Å². The maximum atomic E-state index is 5.94. The predicted octanol–water partition coefficient (Wildman–Crippen LogP) is 2.48. The molecule has 4 N–H and O–H groups in total. The van der Waals surface area contributed by atoms with Gasteiger partial charge >= 0.3 is 0 Å². The number of para-hydroxylation sites is 2. The maximum Gasteiger partial charge on any atom is 0.124 e. The molecule has 4 nitrogen and oxygen atoms in total. The zero-order valence-electron chi connectivity index (χ0n) is 11.4. The number of nitrogens with one attached hydrogen (secondary N) is 2. The lowest BCUT2D eigenvalue weighted by molar-refractivity contribution is 0.319. The highest BCUT2D eigenvalue weighted by atomic mass is 15.0. The minimum Gasteiger partial charge on any atom is -0.341 e. The Bertz CT molecular complexity index is 507. The van der Waals surface area contributed by atoms with Gasteiger partial charge in [-0.15, -0.1) is 0 Å². The second-order valence-corrected chi connectivity index (χ2v) is 5.64. The Kier molecular flexibility index (Phi) is 3.53. The fourth-order valence-corrected chi connectivity index (χ4v) is 2.90. The third-order valence-electron chi connectivity index (χ3n) is 4.08. The molecule has 0 saturated heterocycles. The van der Waals surface area contributed by atoms with Gasteiger partial charge in [-0.2, -0.15) is 0 Å². The van der Waals surface area contributed by atoms with Crippen molar-refractivity contribution in [2.75, 3.05) is 0 Å². The Morgan fingerprint density at radius 2 is 2.00 bits per heavy atom. The minimum absolute atomic E-state index is 0.256. The van der Waals surface area contributed by atoms with Crippen LogP contribution < -0.4 is 11.1 Å². The van der Waals surface area contributed by atoms with Crippen molar-refractivity contribution in [2.24, 2.45) is 5.73 Å². The number of benzene rings is 1.